The Kier molecular flexibility index (Phi) is 5.01. The number of rotatable bonds is 6. The van der Waals surface area contributed by atoms with Crippen LogP contribution in [0.1, 0.15) is 32.3 Å². The van der Waals surface area contributed by atoms with Gasteiger partial charge in [0.25, 0.3) is 5.91 Å². The minimum absolute atomic E-state index is 0.138. The number of hydrogen-bond donors (Lipinski definition) is 2. The molecule has 1 aliphatic heterocycles. The maximum absolute atomic E-state index is 11.8. The summed E-state index contributed by atoms with van der Waals surface area (Å²) in [6.45, 7) is 3.05. The zero-order valence-corrected chi connectivity index (χ0v) is 14.8. The van der Waals surface area contributed by atoms with E-state index < -0.39 is 24.5 Å². The quantitative estimate of drug-likeness (QED) is 0.740. The van der Waals surface area contributed by atoms with E-state index >= 15 is 0 Å². The fourth-order valence-electron chi connectivity index (χ4n) is 2.64. The molecule has 1 aromatic rings. The molecule has 26 heavy (non-hydrogen) atoms. The average molecular weight is 362 g/mol. The van der Waals surface area contributed by atoms with Crippen molar-refractivity contribution in [3.8, 4) is 11.5 Å². The Morgan fingerprint density at radius 2 is 2.00 bits per heavy atom. The van der Waals surface area contributed by atoms with Crippen LogP contribution in [0, 0.1) is 0 Å². The Morgan fingerprint density at radius 3 is 2.73 bits per heavy atom. The number of nitrogens with one attached hydrogen (secondary N) is 2. The highest BCUT2D eigenvalue weighted by Gasteiger charge is 2.32. The van der Waals surface area contributed by atoms with E-state index in [4.69, 9.17) is 14.2 Å². The number of benzene rings is 1. The van der Waals surface area contributed by atoms with Gasteiger partial charge in [0.2, 0.25) is 0 Å². The van der Waals surface area contributed by atoms with E-state index in [0.29, 0.717) is 11.5 Å². The Bertz CT molecular complexity index is 726. The number of para-hydroxylation sites is 1. The number of ether oxygens (including phenoxy) is 3. The third-order valence-corrected chi connectivity index (χ3v) is 3.93. The lowest BCUT2D eigenvalue weighted by Crippen LogP contribution is -2.42. The summed E-state index contributed by atoms with van der Waals surface area (Å²) in [5.74, 6) is -0.321. The molecule has 0 unspecified atom stereocenters. The summed E-state index contributed by atoms with van der Waals surface area (Å²) < 4.78 is 16.1. The van der Waals surface area contributed by atoms with Gasteiger partial charge in [-0.15, -0.1) is 0 Å². The highest BCUT2D eigenvalue weighted by Crippen LogP contribution is 2.41. The highest BCUT2D eigenvalue weighted by molar-refractivity contribution is 5.95. The molecule has 0 bridgehead atoms. The number of urea groups is 1. The van der Waals surface area contributed by atoms with Crippen LogP contribution in [0.5, 0.6) is 11.5 Å². The van der Waals surface area contributed by atoms with Gasteiger partial charge < -0.3 is 19.5 Å². The summed E-state index contributed by atoms with van der Waals surface area (Å²) in [7, 11) is 0. The van der Waals surface area contributed by atoms with Crippen LogP contribution >= 0.6 is 0 Å². The number of esters is 1. The van der Waals surface area contributed by atoms with E-state index in [9.17, 15) is 14.4 Å². The van der Waals surface area contributed by atoms with Crippen LogP contribution in [0.2, 0.25) is 0 Å². The number of carbonyl (C=O) groups is 3. The molecule has 2 N–H and O–H groups in total. The predicted octanol–water partition coefficient (Wildman–Crippen LogP) is 1.31. The molecule has 0 aromatic heterocycles. The number of hydrogen-bond acceptors (Lipinski definition) is 6. The molecule has 1 aliphatic carbocycles. The maximum Gasteiger partial charge on any atom is 0.344 e. The fraction of sp³-hybridized carbons (Fsp3) is 0.500. The van der Waals surface area contributed by atoms with Crippen molar-refractivity contribution in [1.29, 1.82) is 0 Å². The van der Waals surface area contributed by atoms with Gasteiger partial charge in [0.1, 0.15) is 5.60 Å². The van der Waals surface area contributed by atoms with Crippen molar-refractivity contribution in [3.05, 3.63) is 23.8 Å². The molecular weight excluding hydrogens is 340 g/mol. The number of carbonyl (C=O) groups excluding carboxylic acids is 3. The second kappa shape index (κ2) is 7.23. The molecule has 1 fully saturated rings. The van der Waals surface area contributed by atoms with Gasteiger partial charge in [0, 0.05) is 18.0 Å². The third-order valence-electron chi connectivity index (χ3n) is 3.93. The molecule has 1 heterocycles. The summed E-state index contributed by atoms with van der Waals surface area (Å²) in [6, 6.07) is 5.05. The van der Waals surface area contributed by atoms with Gasteiger partial charge in [-0.25, -0.2) is 9.59 Å². The smallest absolute Gasteiger partial charge is 0.344 e. The molecule has 0 radical (unpaired) electrons. The van der Waals surface area contributed by atoms with Crippen LogP contribution in [-0.2, 0) is 20.7 Å². The Labute approximate surface area is 151 Å². The first-order chi connectivity index (χ1) is 12.3. The van der Waals surface area contributed by atoms with Gasteiger partial charge in [0.05, 0.1) is 0 Å². The summed E-state index contributed by atoms with van der Waals surface area (Å²) in [6.07, 6.45) is 2.59. The normalized spacial score (nSPS) is 16.8. The van der Waals surface area contributed by atoms with Crippen LogP contribution < -0.4 is 20.1 Å². The molecule has 1 saturated carbocycles. The third kappa shape index (κ3) is 4.87. The average Bonchev–Trinajstić information content (AvgIpc) is 3.30. The standard InChI is InChI=1S/C18H22N2O6/c1-18(2)8-11-4-3-5-13(16(11)26-18)24-10-15(22)25-9-14(21)20-17(23)19-12-6-7-12/h3-5,12H,6-10H2,1-2H3,(H2,19,20,21,23). The van der Waals surface area contributed by atoms with Crippen LogP contribution in [0.4, 0.5) is 4.79 Å². The molecule has 140 valence electrons. The van der Waals surface area contributed by atoms with Crippen LogP contribution in [0.15, 0.2) is 18.2 Å². The first-order valence-electron chi connectivity index (χ1n) is 8.52. The fourth-order valence-corrected chi connectivity index (χ4v) is 2.64. The summed E-state index contributed by atoms with van der Waals surface area (Å²) in [4.78, 5) is 34.7. The predicted molar refractivity (Wildman–Crippen MR) is 91.0 cm³/mol. The van der Waals surface area contributed by atoms with Crippen molar-refractivity contribution in [2.45, 2.75) is 44.8 Å². The van der Waals surface area contributed by atoms with Gasteiger partial charge in [-0.3, -0.25) is 10.1 Å². The number of imide groups is 1. The lowest BCUT2D eigenvalue weighted by Gasteiger charge is -2.18. The van der Waals surface area contributed by atoms with Crippen LogP contribution in [0.3, 0.4) is 0 Å². The Hall–Kier alpha value is -2.77. The first-order valence-corrected chi connectivity index (χ1v) is 8.52. The summed E-state index contributed by atoms with van der Waals surface area (Å²) in [5, 5.41) is 4.70. The zero-order valence-electron chi connectivity index (χ0n) is 14.8. The van der Waals surface area contributed by atoms with E-state index in [1.807, 2.05) is 26.0 Å². The van der Waals surface area contributed by atoms with Crippen molar-refractivity contribution < 1.29 is 28.6 Å². The maximum atomic E-state index is 11.8. The number of fused-ring (bicyclic) bond motifs is 1. The zero-order chi connectivity index (χ0) is 18.7. The van der Waals surface area contributed by atoms with Gasteiger partial charge in [-0.2, -0.15) is 0 Å². The Morgan fingerprint density at radius 1 is 1.23 bits per heavy atom. The molecule has 2 aliphatic rings. The van der Waals surface area contributed by atoms with Crippen LogP contribution in [0.25, 0.3) is 0 Å². The first kappa shape index (κ1) is 18.0. The molecular formula is C18H22N2O6. The molecule has 8 nitrogen and oxygen atoms in total. The van der Waals surface area contributed by atoms with Crippen molar-refractivity contribution in [1.82, 2.24) is 10.6 Å². The minimum Gasteiger partial charge on any atom is -0.483 e. The lowest BCUT2D eigenvalue weighted by atomic mass is 10.0. The van der Waals surface area contributed by atoms with E-state index in [1.54, 1.807) is 6.07 Å². The van der Waals surface area contributed by atoms with E-state index in [2.05, 4.69) is 10.6 Å². The van der Waals surface area contributed by atoms with Gasteiger partial charge >= 0.3 is 12.0 Å². The molecule has 0 spiro atoms. The molecule has 0 saturated heterocycles. The molecule has 8 heteroatoms. The molecule has 0 atom stereocenters. The van der Waals surface area contributed by atoms with Crippen molar-refractivity contribution >= 4 is 17.9 Å². The SMILES string of the molecule is CC1(C)Cc2cccc(OCC(=O)OCC(=O)NC(=O)NC3CC3)c2O1. The second-order valence-electron chi connectivity index (χ2n) is 7.03. The largest absolute Gasteiger partial charge is 0.483 e. The van der Waals surface area contributed by atoms with Gasteiger partial charge in [-0.1, -0.05) is 12.1 Å². The van der Waals surface area contributed by atoms with Gasteiger partial charge in [0.15, 0.2) is 24.7 Å². The topological polar surface area (TPSA) is 103 Å². The van der Waals surface area contributed by atoms with Crippen LogP contribution in [-0.4, -0.2) is 42.8 Å². The number of amides is 3. The second-order valence-corrected chi connectivity index (χ2v) is 7.03. The lowest BCUT2D eigenvalue weighted by molar-refractivity contribution is -0.150. The van der Waals surface area contributed by atoms with E-state index in [0.717, 1.165) is 24.8 Å². The highest BCUT2D eigenvalue weighted by atomic mass is 16.6. The summed E-state index contributed by atoms with van der Waals surface area (Å²) >= 11 is 0. The van der Waals surface area contributed by atoms with Crippen molar-refractivity contribution in [2.24, 2.45) is 0 Å². The van der Waals surface area contributed by atoms with Crippen molar-refractivity contribution in [3.63, 3.8) is 0 Å². The molecule has 3 amide bonds. The molecule has 3 rings (SSSR count). The van der Waals surface area contributed by atoms with Crippen molar-refractivity contribution in [2.75, 3.05) is 13.2 Å². The monoisotopic (exact) mass is 362 g/mol. The summed E-state index contributed by atoms with van der Waals surface area (Å²) in [5.41, 5.74) is 0.698. The van der Waals surface area contributed by atoms with E-state index in [1.165, 1.54) is 0 Å². The molecule has 1 aromatic carbocycles. The van der Waals surface area contributed by atoms with Gasteiger partial charge in [-0.05, 0) is 32.8 Å². The Balaban J connectivity index is 1.41. The minimum atomic E-state index is -0.711. The van der Waals surface area contributed by atoms with E-state index in [-0.39, 0.29) is 18.2 Å².